The molecule has 4 nitrogen and oxygen atoms in total. The van der Waals surface area contributed by atoms with Gasteiger partial charge in [-0.3, -0.25) is 4.79 Å². The number of hydrogen-bond donors (Lipinski definition) is 1. The highest BCUT2D eigenvalue weighted by atomic mass is 127. The Morgan fingerprint density at radius 3 is 3.00 bits per heavy atom. The SMILES string of the molecule is O=C1CSC(=NN=Cc2ccc(Br)c(F)c2I)N1. The molecule has 1 aromatic rings. The van der Waals surface area contributed by atoms with Crippen LogP contribution < -0.4 is 5.32 Å². The van der Waals surface area contributed by atoms with E-state index in [4.69, 9.17) is 0 Å². The summed E-state index contributed by atoms with van der Waals surface area (Å²) in [4.78, 5) is 10.9. The van der Waals surface area contributed by atoms with E-state index in [1.807, 2.05) is 22.6 Å². The molecule has 2 rings (SSSR count). The first kappa shape index (κ1) is 13.9. The average molecular weight is 442 g/mol. The molecule has 0 atom stereocenters. The van der Waals surface area contributed by atoms with Crippen molar-refractivity contribution < 1.29 is 9.18 Å². The van der Waals surface area contributed by atoms with Crippen molar-refractivity contribution in [3.8, 4) is 0 Å². The number of amidine groups is 1. The molecule has 1 N–H and O–H groups in total. The van der Waals surface area contributed by atoms with Gasteiger partial charge >= 0.3 is 0 Å². The fourth-order valence-electron chi connectivity index (χ4n) is 1.16. The van der Waals surface area contributed by atoms with Crippen LogP contribution in [0.4, 0.5) is 4.39 Å². The molecule has 0 bridgehead atoms. The molecule has 0 aromatic heterocycles. The first-order valence-corrected chi connectivity index (χ1v) is 7.61. The van der Waals surface area contributed by atoms with Crippen molar-refractivity contribution in [2.45, 2.75) is 0 Å². The maximum atomic E-state index is 13.6. The molecule has 0 unspecified atom stereocenters. The summed E-state index contributed by atoms with van der Waals surface area (Å²) in [6, 6.07) is 3.34. The lowest BCUT2D eigenvalue weighted by Gasteiger charge is -2.00. The van der Waals surface area contributed by atoms with Crippen LogP contribution in [0.1, 0.15) is 5.56 Å². The normalized spacial score (nSPS) is 17.7. The Morgan fingerprint density at radius 1 is 1.56 bits per heavy atom. The molecule has 0 radical (unpaired) electrons. The van der Waals surface area contributed by atoms with E-state index in [2.05, 4.69) is 31.4 Å². The summed E-state index contributed by atoms with van der Waals surface area (Å²) < 4.78 is 14.4. The second kappa shape index (κ2) is 6.11. The van der Waals surface area contributed by atoms with Crippen molar-refractivity contribution in [3.05, 3.63) is 31.6 Å². The van der Waals surface area contributed by atoms with Gasteiger partial charge in [0.25, 0.3) is 0 Å². The molecule has 1 aliphatic heterocycles. The van der Waals surface area contributed by atoms with Gasteiger partial charge in [0, 0.05) is 5.56 Å². The zero-order valence-corrected chi connectivity index (χ0v) is 13.3. The van der Waals surface area contributed by atoms with Crippen LogP contribution in [0.15, 0.2) is 26.8 Å². The number of nitrogens with zero attached hydrogens (tertiary/aromatic N) is 2. The number of halogens is 3. The first-order valence-electron chi connectivity index (χ1n) is 4.75. The molecule has 1 amide bonds. The van der Waals surface area contributed by atoms with Gasteiger partial charge in [0.15, 0.2) is 11.0 Å². The summed E-state index contributed by atoms with van der Waals surface area (Å²) in [7, 11) is 0. The summed E-state index contributed by atoms with van der Waals surface area (Å²) in [6.45, 7) is 0. The van der Waals surface area contributed by atoms with Gasteiger partial charge in [0.2, 0.25) is 5.91 Å². The van der Waals surface area contributed by atoms with Gasteiger partial charge in [-0.05, 0) is 44.6 Å². The van der Waals surface area contributed by atoms with E-state index in [0.717, 1.165) is 0 Å². The van der Waals surface area contributed by atoms with Crippen LogP contribution in [0, 0.1) is 9.39 Å². The molecule has 0 saturated carbocycles. The van der Waals surface area contributed by atoms with Crippen LogP contribution in [-0.2, 0) is 4.79 Å². The Labute approximate surface area is 129 Å². The quantitative estimate of drug-likeness (QED) is 0.332. The minimum Gasteiger partial charge on any atom is -0.303 e. The van der Waals surface area contributed by atoms with E-state index in [-0.39, 0.29) is 11.7 Å². The fourth-order valence-corrected chi connectivity index (χ4v) is 3.10. The van der Waals surface area contributed by atoms with Crippen molar-refractivity contribution >= 4 is 67.6 Å². The van der Waals surface area contributed by atoms with Crippen LogP contribution in [0.25, 0.3) is 0 Å². The lowest BCUT2D eigenvalue weighted by Crippen LogP contribution is -2.19. The third-order valence-electron chi connectivity index (χ3n) is 2.00. The zero-order chi connectivity index (χ0) is 13.1. The van der Waals surface area contributed by atoms with Crippen molar-refractivity contribution in [1.29, 1.82) is 0 Å². The zero-order valence-electron chi connectivity index (χ0n) is 8.78. The third-order valence-corrected chi connectivity index (χ3v) is 4.57. The van der Waals surface area contributed by atoms with Crippen molar-refractivity contribution in [3.63, 3.8) is 0 Å². The molecular formula is C10H6BrFIN3OS. The highest BCUT2D eigenvalue weighted by Gasteiger charge is 2.16. The number of benzene rings is 1. The molecule has 0 aliphatic carbocycles. The van der Waals surface area contributed by atoms with Gasteiger partial charge in [-0.25, -0.2) is 4.39 Å². The van der Waals surface area contributed by atoms with E-state index >= 15 is 0 Å². The van der Waals surface area contributed by atoms with Gasteiger partial charge in [-0.15, -0.1) is 5.10 Å². The number of rotatable bonds is 2. The molecule has 1 saturated heterocycles. The maximum Gasteiger partial charge on any atom is 0.236 e. The Morgan fingerprint density at radius 2 is 2.33 bits per heavy atom. The average Bonchev–Trinajstić information content (AvgIpc) is 2.75. The predicted octanol–water partition coefficient (Wildman–Crippen LogP) is 2.75. The highest BCUT2D eigenvalue weighted by Crippen LogP contribution is 2.23. The molecule has 1 heterocycles. The fraction of sp³-hybridized carbons (Fsp3) is 0.100. The molecular weight excluding hydrogens is 436 g/mol. The number of hydrogen-bond acceptors (Lipinski definition) is 4. The van der Waals surface area contributed by atoms with Gasteiger partial charge in [0.1, 0.15) is 0 Å². The molecule has 8 heteroatoms. The standard InChI is InChI=1S/C10H6BrFIN3OS/c11-6-2-1-5(9(13)8(6)12)3-14-16-10-15-7(17)4-18-10/h1-3H,4H2,(H,15,16,17). The van der Waals surface area contributed by atoms with E-state index in [1.54, 1.807) is 12.1 Å². The van der Waals surface area contributed by atoms with Crippen molar-refractivity contribution in [1.82, 2.24) is 5.32 Å². The van der Waals surface area contributed by atoms with E-state index in [0.29, 0.717) is 24.5 Å². The Hall–Kier alpha value is -0.480. The maximum absolute atomic E-state index is 13.6. The summed E-state index contributed by atoms with van der Waals surface area (Å²) in [5.74, 6) is -0.0484. The summed E-state index contributed by atoms with van der Waals surface area (Å²) >= 11 is 6.30. The Bertz CT molecular complexity index is 564. The lowest BCUT2D eigenvalue weighted by molar-refractivity contribution is -0.116. The van der Waals surface area contributed by atoms with Gasteiger partial charge in [-0.2, -0.15) is 5.10 Å². The third kappa shape index (κ3) is 3.29. The molecule has 0 spiro atoms. The van der Waals surface area contributed by atoms with Crippen LogP contribution >= 0.6 is 50.3 Å². The summed E-state index contributed by atoms with van der Waals surface area (Å²) in [6.07, 6.45) is 1.45. The number of thioether (sulfide) groups is 1. The molecule has 1 fully saturated rings. The minimum absolute atomic E-state index is 0.0850. The second-order valence-corrected chi connectivity index (χ2v) is 6.15. The monoisotopic (exact) mass is 441 g/mol. The second-order valence-electron chi connectivity index (χ2n) is 3.25. The van der Waals surface area contributed by atoms with Gasteiger partial charge < -0.3 is 5.32 Å². The predicted molar refractivity (Wildman–Crippen MR) is 82.4 cm³/mol. The minimum atomic E-state index is -0.323. The topological polar surface area (TPSA) is 53.8 Å². The lowest BCUT2D eigenvalue weighted by atomic mass is 10.2. The summed E-state index contributed by atoms with van der Waals surface area (Å²) in [5, 5.41) is 10.7. The molecule has 94 valence electrons. The van der Waals surface area contributed by atoms with E-state index < -0.39 is 0 Å². The van der Waals surface area contributed by atoms with Crippen LogP contribution in [0.3, 0.4) is 0 Å². The van der Waals surface area contributed by atoms with Crippen LogP contribution in [-0.4, -0.2) is 23.0 Å². The molecule has 1 aromatic carbocycles. The van der Waals surface area contributed by atoms with E-state index in [9.17, 15) is 9.18 Å². The van der Waals surface area contributed by atoms with E-state index in [1.165, 1.54) is 18.0 Å². The van der Waals surface area contributed by atoms with Gasteiger partial charge in [0.05, 0.1) is 20.0 Å². The number of carbonyl (C=O) groups is 1. The Balaban J connectivity index is 2.15. The molecule has 1 aliphatic rings. The van der Waals surface area contributed by atoms with Crippen molar-refractivity contribution in [2.24, 2.45) is 10.2 Å². The van der Waals surface area contributed by atoms with Crippen LogP contribution in [0.2, 0.25) is 0 Å². The number of nitrogens with one attached hydrogen (secondary N) is 1. The largest absolute Gasteiger partial charge is 0.303 e. The summed E-state index contributed by atoms with van der Waals surface area (Å²) in [5.41, 5.74) is 0.634. The van der Waals surface area contributed by atoms with Gasteiger partial charge in [-0.1, -0.05) is 17.8 Å². The highest BCUT2D eigenvalue weighted by molar-refractivity contribution is 14.1. The smallest absolute Gasteiger partial charge is 0.236 e. The Kier molecular flexibility index (Phi) is 4.73. The number of amides is 1. The van der Waals surface area contributed by atoms with Crippen LogP contribution in [0.5, 0.6) is 0 Å². The van der Waals surface area contributed by atoms with Crippen molar-refractivity contribution in [2.75, 3.05) is 5.75 Å². The first-order chi connectivity index (χ1) is 8.58. The number of carbonyl (C=O) groups excluding carboxylic acids is 1. The molecule has 18 heavy (non-hydrogen) atoms.